The van der Waals surface area contributed by atoms with Gasteiger partial charge in [0.25, 0.3) is 0 Å². The van der Waals surface area contributed by atoms with Gasteiger partial charge in [-0.2, -0.15) is 0 Å². The van der Waals surface area contributed by atoms with Gasteiger partial charge in [-0.15, -0.1) is 0 Å². The number of benzene rings is 1. The summed E-state index contributed by atoms with van der Waals surface area (Å²) in [5, 5.41) is 14.0. The molecular formula is C20H26N2O8S. The standard InChI is InChI=1S/C20H26N2O8S/c1-20(2,3)30-18(25)21-10-6-8-15(17(23)24)22-19(26)29-12-14-11-13-7-4-5-9-16(13)31(14,27)28/h4-5,7,9,11,15H,6,8,10,12H2,1-3H3,(H,21,25)(H,22,26)(H,23,24)/t15-/m0/s1. The minimum absolute atomic E-state index is 0.0205. The van der Waals surface area contributed by atoms with Crippen LogP contribution in [0.3, 0.4) is 0 Å². The van der Waals surface area contributed by atoms with Crippen LogP contribution in [0.5, 0.6) is 0 Å². The summed E-state index contributed by atoms with van der Waals surface area (Å²) in [6.45, 7) is 4.78. The van der Waals surface area contributed by atoms with E-state index in [4.69, 9.17) is 9.47 Å². The van der Waals surface area contributed by atoms with Crippen LogP contribution in [-0.4, -0.2) is 56.5 Å². The third-order valence-corrected chi connectivity index (χ3v) is 6.02. The lowest BCUT2D eigenvalue weighted by Crippen LogP contribution is -2.42. The summed E-state index contributed by atoms with van der Waals surface area (Å²) in [6.07, 6.45) is 0.00538. The average molecular weight is 455 g/mol. The molecule has 0 fully saturated rings. The Bertz CT molecular complexity index is 979. The minimum atomic E-state index is -3.74. The van der Waals surface area contributed by atoms with Crippen LogP contribution in [0.2, 0.25) is 0 Å². The number of carbonyl (C=O) groups excluding carboxylic acids is 2. The molecule has 2 amide bonds. The summed E-state index contributed by atoms with van der Waals surface area (Å²) in [6, 6.07) is 5.11. The monoisotopic (exact) mass is 454 g/mol. The molecule has 1 aromatic carbocycles. The number of nitrogens with one attached hydrogen (secondary N) is 2. The Morgan fingerprint density at radius 1 is 1.13 bits per heavy atom. The van der Waals surface area contributed by atoms with E-state index in [-0.39, 0.29) is 29.2 Å². The number of carbonyl (C=O) groups is 3. The molecular weight excluding hydrogens is 428 g/mol. The fourth-order valence-electron chi connectivity index (χ4n) is 2.74. The molecule has 170 valence electrons. The summed E-state index contributed by atoms with van der Waals surface area (Å²) in [4.78, 5) is 35.0. The highest BCUT2D eigenvalue weighted by molar-refractivity contribution is 7.95. The molecule has 11 heteroatoms. The van der Waals surface area contributed by atoms with Crippen molar-refractivity contribution in [1.29, 1.82) is 0 Å². The second-order valence-corrected chi connectivity index (χ2v) is 9.81. The fourth-order valence-corrected chi connectivity index (χ4v) is 4.22. The highest BCUT2D eigenvalue weighted by Gasteiger charge is 2.30. The molecule has 31 heavy (non-hydrogen) atoms. The Morgan fingerprint density at radius 3 is 2.42 bits per heavy atom. The number of carboxylic acid groups (broad SMARTS) is 1. The molecule has 3 N–H and O–H groups in total. The molecule has 10 nitrogen and oxygen atoms in total. The maximum Gasteiger partial charge on any atom is 0.408 e. The molecule has 0 aliphatic carbocycles. The van der Waals surface area contributed by atoms with E-state index in [9.17, 15) is 27.9 Å². The summed E-state index contributed by atoms with van der Waals surface area (Å²) in [5.41, 5.74) is -0.148. The molecule has 2 rings (SSSR count). The number of aliphatic carboxylic acids is 1. The normalized spacial score (nSPS) is 15.3. The van der Waals surface area contributed by atoms with Gasteiger partial charge in [0.2, 0.25) is 9.84 Å². The van der Waals surface area contributed by atoms with E-state index < -0.39 is 46.2 Å². The lowest BCUT2D eigenvalue weighted by molar-refractivity contribution is -0.139. The van der Waals surface area contributed by atoms with E-state index in [0.29, 0.717) is 5.56 Å². The van der Waals surface area contributed by atoms with Crippen LogP contribution in [0.4, 0.5) is 9.59 Å². The van der Waals surface area contributed by atoms with E-state index in [1.165, 1.54) is 12.1 Å². The van der Waals surface area contributed by atoms with Gasteiger partial charge in [0.1, 0.15) is 18.2 Å². The van der Waals surface area contributed by atoms with Crippen LogP contribution in [-0.2, 0) is 24.1 Å². The maximum absolute atomic E-state index is 12.4. The predicted octanol–water partition coefficient (Wildman–Crippen LogP) is 2.30. The lowest BCUT2D eigenvalue weighted by Gasteiger charge is -2.20. The van der Waals surface area contributed by atoms with Crippen LogP contribution in [0.25, 0.3) is 6.08 Å². The van der Waals surface area contributed by atoms with Gasteiger partial charge in [-0.25, -0.2) is 22.8 Å². The Labute approximate surface area is 180 Å². The molecule has 1 atom stereocenters. The van der Waals surface area contributed by atoms with Crippen molar-refractivity contribution in [2.75, 3.05) is 13.2 Å². The van der Waals surface area contributed by atoms with Crippen LogP contribution in [0, 0.1) is 0 Å². The molecule has 0 aromatic heterocycles. The Hall–Kier alpha value is -3.08. The first-order valence-electron chi connectivity index (χ1n) is 9.58. The average Bonchev–Trinajstić information content (AvgIpc) is 2.91. The molecule has 0 saturated heterocycles. The van der Waals surface area contributed by atoms with Gasteiger partial charge in [0, 0.05) is 6.54 Å². The van der Waals surface area contributed by atoms with Crippen molar-refractivity contribution in [1.82, 2.24) is 10.6 Å². The van der Waals surface area contributed by atoms with Crippen molar-refractivity contribution in [3.05, 3.63) is 34.7 Å². The Balaban J connectivity index is 1.80. The van der Waals surface area contributed by atoms with E-state index in [1.54, 1.807) is 39.0 Å². The largest absolute Gasteiger partial charge is 0.480 e. The number of ether oxygens (including phenoxy) is 2. The van der Waals surface area contributed by atoms with Crippen LogP contribution in [0.1, 0.15) is 39.2 Å². The van der Waals surface area contributed by atoms with Gasteiger partial charge in [-0.1, -0.05) is 18.2 Å². The van der Waals surface area contributed by atoms with Gasteiger partial charge in [-0.3, -0.25) is 0 Å². The highest BCUT2D eigenvalue weighted by atomic mass is 32.2. The SMILES string of the molecule is CC(C)(C)OC(=O)NCCC[C@H](NC(=O)OCC1=Cc2ccccc2S1(=O)=O)C(=O)O. The molecule has 1 aromatic rings. The molecule has 0 bridgehead atoms. The number of fused-ring (bicyclic) bond motifs is 1. The van der Waals surface area contributed by atoms with Gasteiger partial charge in [-0.05, 0) is 51.3 Å². The minimum Gasteiger partial charge on any atom is -0.480 e. The Morgan fingerprint density at radius 2 is 1.81 bits per heavy atom. The van der Waals surface area contributed by atoms with Crippen molar-refractivity contribution >= 4 is 34.1 Å². The first kappa shape index (κ1) is 24.2. The second-order valence-electron chi connectivity index (χ2n) is 7.83. The van der Waals surface area contributed by atoms with Gasteiger partial charge < -0.3 is 25.2 Å². The molecule has 0 spiro atoms. The number of hydrogen-bond donors (Lipinski definition) is 3. The maximum atomic E-state index is 12.4. The van der Waals surface area contributed by atoms with E-state index in [1.807, 2.05) is 0 Å². The number of sulfone groups is 1. The van der Waals surface area contributed by atoms with Crippen LogP contribution >= 0.6 is 0 Å². The second kappa shape index (κ2) is 9.82. The quantitative estimate of drug-likeness (QED) is 0.507. The molecule has 1 aliphatic heterocycles. The zero-order valence-corrected chi connectivity index (χ0v) is 18.3. The first-order chi connectivity index (χ1) is 14.4. The molecule has 1 heterocycles. The van der Waals surface area contributed by atoms with Crippen molar-refractivity contribution in [3.63, 3.8) is 0 Å². The lowest BCUT2D eigenvalue weighted by atomic mass is 10.1. The van der Waals surface area contributed by atoms with Gasteiger partial charge in [0.05, 0.1) is 9.80 Å². The fraction of sp³-hybridized carbons (Fsp3) is 0.450. The number of hydrogen-bond acceptors (Lipinski definition) is 7. The topological polar surface area (TPSA) is 148 Å². The highest BCUT2D eigenvalue weighted by Crippen LogP contribution is 2.32. The van der Waals surface area contributed by atoms with Crippen molar-refractivity contribution in [2.45, 2.75) is 50.2 Å². The van der Waals surface area contributed by atoms with Gasteiger partial charge in [0.15, 0.2) is 0 Å². The van der Waals surface area contributed by atoms with Crippen molar-refractivity contribution in [2.24, 2.45) is 0 Å². The number of rotatable bonds is 8. The summed E-state index contributed by atoms with van der Waals surface area (Å²) in [5.74, 6) is -1.28. The Kier molecular flexibility index (Phi) is 7.66. The molecule has 0 unspecified atom stereocenters. The van der Waals surface area contributed by atoms with Crippen molar-refractivity contribution in [3.8, 4) is 0 Å². The van der Waals surface area contributed by atoms with Crippen LogP contribution in [0.15, 0.2) is 34.1 Å². The zero-order chi connectivity index (χ0) is 23.2. The smallest absolute Gasteiger partial charge is 0.408 e. The van der Waals surface area contributed by atoms with E-state index >= 15 is 0 Å². The summed E-state index contributed by atoms with van der Waals surface area (Å²) < 4.78 is 34.8. The summed E-state index contributed by atoms with van der Waals surface area (Å²) in [7, 11) is -3.74. The summed E-state index contributed by atoms with van der Waals surface area (Å²) >= 11 is 0. The first-order valence-corrected chi connectivity index (χ1v) is 11.1. The molecule has 0 saturated carbocycles. The number of carboxylic acids is 1. The van der Waals surface area contributed by atoms with E-state index in [0.717, 1.165) is 0 Å². The molecule has 0 radical (unpaired) electrons. The van der Waals surface area contributed by atoms with E-state index in [2.05, 4.69) is 10.6 Å². The third kappa shape index (κ3) is 6.99. The van der Waals surface area contributed by atoms with Crippen LogP contribution < -0.4 is 10.6 Å². The molecule has 1 aliphatic rings. The number of amides is 2. The third-order valence-electron chi connectivity index (χ3n) is 4.14. The predicted molar refractivity (Wildman–Crippen MR) is 111 cm³/mol. The zero-order valence-electron chi connectivity index (χ0n) is 17.5. The van der Waals surface area contributed by atoms with Crippen molar-refractivity contribution < 1.29 is 37.4 Å². The number of alkyl carbamates (subject to hydrolysis) is 2. The van der Waals surface area contributed by atoms with Gasteiger partial charge >= 0.3 is 18.2 Å².